The summed E-state index contributed by atoms with van der Waals surface area (Å²) in [5.74, 6) is 0.532. The van der Waals surface area contributed by atoms with Crippen molar-refractivity contribution >= 4 is 21.7 Å². The van der Waals surface area contributed by atoms with Gasteiger partial charge in [0.25, 0.3) is 0 Å². The molecule has 2 aliphatic rings. The predicted octanol–water partition coefficient (Wildman–Crippen LogP) is 4.15. The van der Waals surface area contributed by atoms with E-state index < -0.39 is 0 Å². The van der Waals surface area contributed by atoms with Gasteiger partial charge in [-0.15, -0.1) is 0 Å². The standard InChI is InChI=1S/C21H27BrN4/c1-2-14-6-7-15(16-10-19(22)21(23)25-11-16)9-18(14)20-13-26-8-4-3-5-17(26)12-24-20/h6-7,9-11,17,20,24H,2-5,8,12-13H2,1H3,(H2,23,25). The highest BCUT2D eigenvalue weighted by Gasteiger charge is 2.31. The number of hydrogen-bond donors (Lipinski definition) is 2. The van der Waals surface area contributed by atoms with Crippen molar-refractivity contribution < 1.29 is 0 Å². The Labute approximate surface area is 164 Å². The van der Waals surface area contributed by atoms with Gasteiger partial charge in [0, 0.05) is 36.9 Å². The van der Waals surface area contributed by atoms with E-state index in [1.807, 2.05) is 6.20 Å². The Morgan fingerprint density at radius 2 is 2.15 bits per heavy atom. The summed E-state index contributed by atoms with van der Waals surface area (Å²) in [6.45, 7) is 5.71. The van der Waals surface area contributed by atoms with Crippen LogP contribution >= 0.6 is 15.9 Å². The molecule has 1 aromatic carbocycles. The molecule has 26 heavy (non-hydrogen) atoms. The van der Waals surface area contributed by atoms with Gasteiger partial charge in [-0.05, 0) is 70.6 Å². The van der Waals surface area contributed by atoms with Crippen molar-refractivity contribution in [3.63, 3.8) is 0 Å². The van der Waals surface area contributed by atoms with Crippen LogP contribution in [0, 0.1) is 0 Å². The molecule has 2 aliphatic heterocycles. The zero-order valence-electron chi connectivity index (χ0n) is 15.3. The molecule has 4 rings (SSSR count). The van der Waals surface area contributed by atoms with Crippen LogP contribution in [0.5, 0.6) is 0 Å². The topological polar surface area (TPSA) is 54.2 Å². The van der Waals surface area contributed by atoms with Gasteiger partial charge in [-0.1, -0.05) is 25.5 Å². The molecule has 2 atom stereocenters. The fraction of sp³-hybridized carbons (Fsp3) is 0.476. The van der Waals surface area contributed by atoms with Crippen LogP contribution < -0.4 is 11.1 Å². The van der Waals surface area contributed by atoms with Gasteiger partial charge in [-0.3, -0.25) is 4.90 Å². The SMILES string of the molecule is CCc1ccc(-c2cnc(N)c(Br)c2)cc1C1CN2CCCCC2CN1. The lowest BCUT2D eigenvalue weighted by molar-refractivity contribution is 0.0949. The van der Waals surface area contributed by atoms with Gasteiger partial charge in [0.15, 0.2) is 0 Å². The van der Waals surface area contributed by atoms with E-state index in [4.69, 9.17) is 5.73 Å². The van der Waals surface area contributed by atoms with E-state index in [1.54, 1.807) is 0 Å². The smallest absolute Gasteiger partial charge is 0.137 e. The van der Waals surface area contributed by atoms with E-state index in [2.05, 4.69) is 62.3 Å². The lowest BCUT2D eigenvalue weighted by Gasteiger charge is -2.43. The van der Waals surface area contributed by atoms with Gasteiger partial charge < -0.3 is 11.1 Å². The second-order valence-corrected chi connectivity index (χ2v) is 8.32. The summed E-state index contributed by atoms with van der Waals surface area (Å²) < 4.78 is 0.850. The number of nitrogens with two attached hydrogens (primary N) is 1. The van der Waals surface area contributed by atoms with Crippen molar-refractivity contribution in [3.8, 4) is 11.1 Å². The first-order chi connectivity index (χ1) is 12.7. The molecule has 0 saturated carbocycles. The Morgan fingerprint density at radius 3 is 2.96 bits per heavy atom. The minimum absolute atomic E-state index is 0.407. The van der Waals surface area contributed by atoms with E-state index in [0.29, 0.717) is 11.9 Å². The fourth-order valence-corrected chi connectivity index (χ4v) is 4.69. The largest absolute Gasteiger partial charge is 0.383 e. The molecule has 2 unspecified atom stereocenters. The molecule has 0 spiro atoms. The highest BCUT2D eigenvalue weighted by molar-refractivity contribution is 9.10. The number of aromatic nitrogens is 1. The molecule has 0 amide bonds. The highest BCUT2D eigenvalue weighted by Crippen LogP contribution is 2.32. The number of piperazine rings is 1. The summed E-state index contributed by atoms with van der Waals surface area (Å²) >= 11 is 3.50. The van der Waals surface area contributed by atoms with E-state index in [0.717, 1.165) is 35.6 Å². The molecule has 3 heterocycles. The molecular weight excluding hydrogens is 388 g/mol. The molecule has 2 saturated heterocycles. The Kier molecular flexibility index (Phi) is 5.30. The van der Waals surface area contributed by atoms with Crippen molar-refractivity contribution in [2.75, 3.05) is 25.4 Å². The second kappa shape index (κ2) is 7.67. The summed E-state index contributed by atoms with van der Waals surface area (Å²) in [5, 5.41) is 3.82. The average Bonchev–Trinajstić information content (AvgIpc) is 2.69. The third-order valence-corrected chi connectivity index (χ3v) is 6.51. The van der Waals surface area contributed by atoms with Crippen molar-refractivity contribution in [1.82, 2.24) is 15.2 Å². The van der Waals surface area contributed by atoms with Gasteiger partial charge in [0.1, 0.15) is 5.82 Å². The first kappa shape index (κ1) is 18.0. The number of aryl methyl sites for hydroxylation is 1. The molecule has 2 aromatic rings. The van der Waals surface area contributed by atoms with Crippen LogP contribution in [0.2, 0.25) is 0 Å². The average molecular weight is 415 g/mol. The number of rotatable bonds is 3. The van der Waals surface area contributed by atoms with Gasteiger partial charge in [0.2, 0.25) is 0 Å². The molecule has 0 aliphatic carbocycles. The Morgan fingerprint density at radius 1 is 1.27 bits per heavy atom. The molecule has 0 bridgehead atoms. The Balaban J connectivity index is 1.65. The molecule has 1 aromatic heterocycles. The number of nitrogens with zero attached hydrogens (tertiary/aromatic N) is 2. The number of nitrogen functional groups attached to an aromatic ring is 1. The van der Waals surface area contributed by atoms with Gasteiger partial charge in [-0.2, -0.15) is 0 Å². The van der Waals surface area contributed by atoms with E-state index in [-0.39, 0.29) is 0 Å². The lowest BCUT2D eigenvalue weighted by atomic mass is 9.90. The molecule has 0 radical (unpaired) electrons. The van der Waals surface area contributed by atoms with Crippen LogP contribution in [0.3, 0.4) is 0 Å². The number of anilines is 1. The molecule has 138 valence electrons. The summed E-state index contributed by atoms with van der Waals surface area (Å²) in [7, 11) is 0. The predicted molar refractivity (Wildman–Crippen MR) is 111 cm³/mol. The summed E-state index contributed by atoms with van der Waals surface area (Å²) in [5.41, 5.74) is 11.0. The van der Waals surface area contributed by atoms with E-state index in [1.165, 1.54) is 42.5 Å². The zero-order chi connectivity index (χ0) is 18.1. The Bertz CT molecular complexity index is 792. The number of pyridine rings is 1. The van der Waals surface area contributed by atoms with Crippen LogP contribution in [-0.4, -0.2) is 35.6 Å². The minimum Gasteiger partial charge on any atom is -0.383 e. The maximum Gasteiger partial charge on any atom is 0.137 e. The molecule has 5 heteroatoms. The number of piperidine rings is 1. The maximum absolute atomic E-state index is 5.85. The van der Waals surface area contributed by atoms with Crippen molar-refractivity contribution in [2.24, 2.45) is 0 Å². The molecule has 2 fully saturated rings. The minimum atomic E-state index is 0.407. The first-order valence-corrected chi connectivity index (χ1v) is 10.5. The van der Waals surface area contributed by atoms with E-state index in [9.17, 15) is 0 Å². The molecule has 4 nitrogen and oxygen atoms in total. The van der Waals surface area contributed by atoms with Crippen molar-refractivity contribution in [1.29, 1.82) is 0 Å². The monoisotopic (exact) mass is 414 g/mol. The second-order valence-electron chi connectivity index (χ2n) is 7.46. The number of fused-ring (bicyclic) bond motifs is 1. The number of hydrogen-bond acceptors (Lipinski definition) is 4. The van der Waals surface area contributed by atoms with Gasteiger partial charge in [-0.25, -0.2) is 4.98 Å². The van der Waals surface area contributed by atoms with Crippen molar-refractivity contribution in [3.05, 3.63) is 46.1 Å². The quantitative estimate of drug-likeness (QED) is 0.791. The molecule has 3 N–H and O–H groups in total. The van der Waals surface area contributed by atoms with Crippen LogP contribution in [0.15, 0.2) is 34.9 Å². The summed E-state index contributed by atoms with van der Waals surface area (Å²) in [6.07, 6.45) is 6.98. The zero-order valence-corrected chi connectivity index (χ0v) is 16.9. The van der Waals surface area contributed by atoms with E-state index >= 15 is 0 Å². The third-order valence-electron chi connectivity index (χ3n) is 5.87. The highest BCUT2D eigenvalue weighted by atomic mass is 79.9. The third kappa shape index (κ3) is 3.53. The Hall–Kier alpha value is -1.43. The normalized spacial score (nSPS) is 23.6. The van der Waals surface area contributed by atoms with Crippen LogP contribution in [0.1, 0.15) is 43.4 Å². The number of halogens is 1. The summed E-state index contributed by atoms with van der Waals surface area (Å²) in [6, 6.07) is 10.0. The van der Waals surface area contributed by atoms with Crippen LogP contribution in [-0.2, 0) is 6.42 Å². The number of nitrogens with one attached hydrogen (secondary N) is 1. The van der Waals surface area contributed by atoms with Gasteiger partial charge in [0.05, 0.1) is 4.47 Å². The van der Waals surface area contributed by atoms with Gasteiger partial charge >= 0.3 is 0 Å². The first-order valence-electron chi connectivity index (χ1n) is 9.67. The molecular formula is C21H27BrN4. The number of benzene rings is 1. The van der Waals surface area contributed by atoms with Crippen LogP contribution in [0.25, 0.3) is 11.1 Å². The van der Waals surface area contributed by atoms with Crippen LogP contribution in [0.4, 0.5) is 5.82 Å². The maximum atomic E-state index is 5.85. The summed E-state index contributed by atoms with van der Waals surface area (Å²) in [4.78, 5) is 6.99. The van der Waals surface area contributed by atoms with Crippen molar-refractivity contribution in [2.45, 2.75) is 44.7 Å². The lowest BCUT2D eigenvalue weighted by Crippen LogP contribution is -2.54. The fourth-order valence-electron chi connectivity index (χ4n) is 4.34.